The summed E-state index contributed by atoms with van der Waals surface area (Å²) < 4.78 is 0. The van der Waals surface area contributed by atoms with Crippen molar-refractivity contribution < 1.29 is 4.79 Å². The van der Waals surface area contributed by atoms with Crippen molar-refractivity contribution in [2.24, 2.45) is 0 Å². The average molecular weight is 555 g/mol. The highest BCUT2D eigenvalue weighted by Gasteiger charge is 2.17. The number of carbonyl (C=O) groups excluding carboxylic acids is 1. The molecule has 1 amide bonds. The molecule has 0 aliphatic heterocycles. The number of carbonyl (C=O) groups is 1. The lowest BCUT2D eigenvalue weighted by Crippen LogP contribution is -2.46. The Bertz CT molecular complexity index is 1350. The SMILES string of the molecule is C[Si][C@H](NCc1nc2ccccc2[nH]1)C(=O)NCc1ccc(CNCCCNC2CCCCC2)c2ccccc12. The largest absolute Gasteiger partial charge is 0.351 e. The second-order valence-electron chi connectivity index (χ2n) is 10.8. The summed E-state index contributed by atoms with van der Waals surface area (Å²) in [5, 5.41) is 16.4. The second kappa shape index (κ2) is 14.5. The molecular formula is C32H42N6OSi. The van der Waals surface area contributed by atoms with Gasteiger partial charge in [0, 0.05) is 19.1 Å². The Hall–Kier alpha value is -3.04. The van der Waals surface area contributed by atoms with E-state index in [4.69, 9.17) is 0 Å². The van der Waals surface area contributed by atoms with Gasteiger partial charge in [-0.1, -0.05) is 74.3 Å². The molecule has 0 spiro atoms. The predicted octanol–water partition coefficient (Wildman–Crippen LogP) is 4.60. The molecule has 3 aromatic carbocycles. The zero-order chi connectivity index (χ0) is 27.6. The molecule has 40 heavy (non-hydrogen) atoms. The van der Waals surface area contributed by atoms with Crippen molar-refractivity contribution in [2.75, 3.05) is 13.1 Å². The van der Waals surface area contributed by atoms with Crippen LogP contribution in [-0.4, -0.2) is 50.2 Å². The highest BCUT2D eigenvalue weighted by molar-refractivity contribution is 6.42. The first kappa shape index (κ1) is 28.5. The van der Waals surface area contributed by atoms with Crippen LogP contribution >= 0.6 is 0 Å². The van der Waals surface area contributed by atoms with E-state index in [9.17, 15) is 4.79 Å². The number of fused-ring (bicyclic) bond motifs is 2. The summed E-state index contributed by atoms with van der Waals surface area (Å²) in [6, 6.07) is 21.6. The zero-order valence-electron chi connectivity index (χ0n) is 23.6. The van der Waals surface area contributed by atoms with Crippen molar-refractivity contribution in [2.45, 2.75) is 76.4 Å². The van der Waals surface area contributed by atoms with E-state index in [1.54, 1.807) is 0 Å². The van der Waals surface area contributed by atoms with Crippen molar-refractivity contribution in [1.29, 1.82) is 0 Å². The average Bonchev–Trinajstić information content (AvgIpc) is 3.42. The number of H-pyrrole nitrogens is 1. The van der Waals surface area contributed by atoms with Gasteiger partial charge in [0.2, 0.25) is 5.91 Å². The molecule has 4 aromatic rings. The number of nitrogens with one attached hydrogen (secondary N) is 5. The van der Waals surface area contributed by atoms with Crippen molar-refractivity contribution in [3.05, 3.63) is 77.6 Å². The molecule has 210 valence electrons. The molecule has 5 N–H and O–H groups in total. The Morgan fingerprint density at radius 2 is 1.65 bits per heavy atom. The fourth-order valence-corrected chi connectivity index (χ4v) is 6.35. The Morgan fingerprint density at radius 1 is 0.925 bits per heavy atom. The molecule has 1 aliphatic rings. The summed E-state index contributed by atoms with van der Waals surface area (Å²) in [7, 11) is 0.439. The van der Waals surface area contributed by atoms with Gasteiger partial charge < -0.3 is 26.3 Å². The fraction of sp³-hybridized carbons (Fsp3) is 0.438. The summed E-state index contributed by atoms with van der Waals surface area (Å²) >= 11 is 0. The Morgan fingerprint density at radius 3 is 2.40 bits per heavy atom. The fourth-order valence-electron chi connectivity index (χ4n) is 5.68. The van der Waals surface area contributed by atoms with Crippen LogP contribution in [0.2, 0.25) is 6.55 Å². The van der Waals surface area contributed by atoms with Gasteiger partial charge in [-0.3, -0.25) is 4.79 Å². The lowest BCUT2D eigenvalue weighted by molar-refractivity contribution is -0.121. The summed E-state index contributed by atoms with van der Waals surface area (Å²) in [4.78, 5) is 21.0. The van der Waals surface area contributed by atoms with Gasteiger partial charge in [0.1, 0.15) is 5.82 Å². The number of benzene rings is 3. The zero-order valence-corrected chi connectivity index (χ0v) is 24.6. The minimum absolute atomic E-state index is 0.0219. The minimum Gasteiger partial charge on any atom is -0.351 e. The normalized spacial score (nSPS) is 15.0. The van der Waals surface area contributed by atoms with Crippen LogP contribution in [0.5, 0.6) is 0 Å². The van der Waals surface area contributed by atoms with Gasteiger partial charge in [-0.05, 0) is 66.4 Å². The standard InChI is InChI=1S/C32H42N6OSi/c1-40-32(36-22-30-37-28-14-7-8-15-29(28)38-30)31(39)35-21-24-17-16-23(26-12-5-6-13-27(24)26)20-33-18-9-19-34-25-10-3-2-4-11-25/h5-8,12-17,25,32-34,36H,2-4,9-11,18-22H2,1H3,(H,35,39)(H,37,38)/t32-/m0/s1. The Labute approximate surface area is 240 Å². The quantitative estimate of drug-likeness (QED) is 0.116. The van der Waals surface area contributed by atoms with Gasteiger partial charge in [-0.2, -0.15) is 0 Å². The molecule has 1 saturated carbocycles. The van der Waals surface area contributed by atoms with E-state index < -0.39 is 0 Å². The summed E-state index contributed by atoms with van der Waals surface area (Å²) in [6.45, 7) is 6.03. The molecular weight excluding hydrogens is 512 g/mol. The smallest absolute Gasteiger partial charge is 0.233 e. The van der Waals surface area contributed by atoms with Gasteiger partial charge in [-0.15, -0.1) is 0 Å². The highest BCUT2D eigenvalue weighted by atomic mass is 28.2. The molecule has 1 aliphatic carbocycles. The third kappa shape index (κ3) is 7.57. The maximum absolute atomic E-state index is 13.1. The van der Waals surface area contributed by atoms with Gasteiger partial charge in [0.05, 0.1) is 32.8 Å². The third-order valence-electron chi connectivity index (χ3n) is 7.90. The van der Waals surface area contributed by atoms with E-state index in [2.05, 4.69) is 74.2 Å². The molecule has 0 bridgehead atoms. The number of amides is 1. The maximum Gasteiger partial charge on any atom is 0.233 e. The number of nitrogens with zero attached hydrogens (tertiary/aromatic N) is 1. The van der Waals surface area contributed by atoms with Gasteiger partial charge >= 0.3 is 0 Å². The molecule has 5 rings (SSSR count). The molecule has 1 fully saturated rings. The molecule has 2 radical (unpaired) electrons. The molecule has 0 unspecified atom stereocenters. The van der Waals surface area contributed by atoms with E-state index in [0.717, 1.165) is 54.5 Å². The van der Waals surface area contributed by atoms with Crippen molar-refractivity contribution in [3.63, 3.8) is 0 Å². The molecule has 0 saturated heterocycles. The van der Waals surface area contributed by atoms with E-state index in [-0.39, 0.29) is 11.6 Å². The number of rotatable bonds is 14. The van der Waals surface area contributed by atoms with E-state index in [1.165, 1.54) is 48.4 Å². The number of para-hydroxylation sites is 2. The molecule has 1 aromatic heterocycles. The van der Waals surface area contributed by atoms with Gasteiger partial charge in [0.25, 0.3) is 0 Å². The van der Waals surface area contributed by atoms with Crippen LogP contribution in [0.15, 0.2) is 60.7 Å². The first-order valence-corrected chi connectivity index (χ1v) is 16.3. The Balaban J connectivity index is 1.11. The van der Waals surface area contributed by atoms with Crippen molar-refractivity contribution >= 4 is 37.2 Å². The summed E-state index contributed by atoms with van der Waals surface area (Å²) in [5.41, 5.74) is 4.13. The molecule has 7 nitrogen and oxygen atoms in total. The minimum atomic E-state index is -0.254. The maximum atomic E-state index is 13.1. The summed E-state index contributed by atoms with van der Waals surface area (Å²) in [6.07, 6.45) is 7.98. The van der Waals surface area contributed by atoms with Gasteiger partial charge in [-0.25, -0.2) is 4.98 Å². The monoisotopic (exact) mass is 554 g/mol. The molecule has 8 heteroatoms. The predicted molar refractivity (Wildman–Crippen MR) is 165 cm³/mol. The van der Waals surface area contributed by atoms with Crippen LogP contribution in [0.3, 0.4) is 0 Å². The molecule has 1 atom stereocenters. The second-order valence-corrected chi connectivity index (χ2v) is 11.9. The lowest BCUT2D eigenvalue weighted by atomic mass is 9.95. The molecule has 1 heterocycles. The third-order valence-corrected chi connectivity index (χ3v) is 8.95. The van der Waals surface area contributed by atoms with Crippen LogP contribution in [0.4, 0.5) is 0 Å². The van der Waals surface area contributed by atoms with Gasteiger partial charge in [0.15, 0.2) is 0 Å². The number of imidazole rings is 1. The number of hydrogen-bond donors (Lipinski definition) is 5. The Kier molecular flexibility index (Phi) is 10.4. The van der Waals surface area contributed by atoms with Crippen LogP contribution in [0.1, 0.15) is 55.5 Å². The van der Waals surface area contributed by atoms with Crippen LogP contribution in [0, 0.1) is 0 Å². The van der Waals surface area contributed by atoms with Crippen LogP contribution < -0.4 is 21.3 Å². The first-order valence-electron chi connectivity index (χ1n) is 14.8. The van der Waals surface area contributed by atoms with Crippen molar-refractivity contribution in [1.82, 2.24) is 31.2 Å². The number of aromatic nitrogens is 2. The van der Waals surface area contributed by atoms with E-state index >= 15 is 0 Å². The highest BCUT2D eigenvalue weighted by Crippen LogP contribution is 2.23. The van der Waals surface area contributed by atoms with Crippen LogP contribution in [0.25, 0.3) is 21.8 Å². The number of aromatic amines is 1. The topological polar surface area (TPSA) is 93.9 Å². The lowest BCUT2D eigenvalue weighted by Gasteiger charge is -2.22. The number of hydrogen-bond acceptors (Lipinski definition) is 5. The first-order chi connectivity index (χ1) is 19.7. The van der Waals surface area contributed by atoms with E-state index in [0.29, 0.717) is 22.6 Å². The van der Waals surface area contributed by atoms with E-state index in [1.807, 2.05) is 24.3 Å². The van der Waals surface area contributed by atoms with Crippen LogP contribution in [-0.2, 0) is 24.4 Å². The van der Waals surface area contributed by atoms with Crippen molar-refractivity contribution in [3.8, 4) is 0 Å². The summed E-state index contributed by atoms with van der Waals surface area (Å²) in [5.74, 6) is 0.863.